The molecule has 0 bridgehead atoms. The highest BCUT2D eigenvalue weighted by Crippen LogP contribution is 2.24. The first kappa shape index (κ1) is 19.6. The van der Waals surface area contributed by atoms with Crippen LogP contribution in [0.5, 0.6) is 0 Å². The number of rotatable bonds is 5. The summed E-state index contributed by atoms with van der Waals surface area (Å²) in [5.41, 5.74) is 0. The molecule has 1 aromatic rings. The van der Waals surface area contributed by atoms with Gasteiger partial charge in [0.15, 0.2) is 5.96 Å². The normalized spacial score (nSPS) is 19.2. The Hall–Kier alpha value is -0.440. The Bertz CT molecular complexity index is 435. The summed E-state index contributed by atoms with van der Waals surface area (Å²) in [6, 6.07) is 0. The summed E-state index contributed by atoms with van der Waals surface area (Å²) in [5, 5.41) is 4.14. The summed E-state index contributed by atoms with van der Waals surface area (Å²) in [5.74, 6) is 2.96. The molecule has 0 spiro atoms. The Balaban J connectivity index is 0.00000242. The lowest BCUT2D eigenvalue weighted by atomic mass is 10.1. The molecular weight excluding hydrogens is 409 g/mol. The van der Waals surface area contributed by atoms with E-state index in [1.54, 1.807) is 0 Å². The summed E-state index contributed by atoms with van der Waals surface area (Å²) in [6.45, 7) is 11.5. The van der Waals surface area contributed by atoms with Crippen LogP contribution in [0.25, 0.3) is 0 Å². The molecule has 7 heteroatoms. The van der Waals surface area contributed by atoms with Gasteiger partial charge in [0.1, 0.15) is 0 Å². The van der Waals surface area contributed by atoms with Crippen LogP contribution in [0, 0.1) is 5.92 Å². The number of aromatic nitrogens is 2. The minimum absolute atomic E-state index is 0. The lowest BCUT2D eigenvalue weighted by Gasteiger charge is -2.36. The zero-order chi connectivity index (χ0) is 15.1. The van der Waals surface area contributed by atoms with Crippen LogP contribution in [-0.4, -0.2) is 57.6 Å². The third kappa shape index (κ3) is 5.98. The van der Waals surface area contributed by atoms with Crippen LogP contribution in [0.2, 0.25) is 0 Å². The van der Waals surface area contributed by atoms with Crippen molar-refractivity contribution in [2.24, 2.45) is 10.9 Å². The van der Waals surface area contributed by atoms with Crippen molar-refractivity contribution in [2.75, 3.05) is 31.9 Å². The van der Waals surface area contributed by atoms with E-state index in [0.29, 0.717) is 11.2 Å². The number of hydrogen-bond donors (Lipinski definition) is 1. The molecule has 126 valence electrons. The Morgan fingerprint density at radius 2 is 2.32 bits per heavy atom. The first-order valence-electron chi connectivity index (χ1n) is 7.81. The highest BCUT2D eigenvalue weighted by atomic mass is 127. The van der Waals surface area contributed by atoms with Gasteiger partial charge in [-0.1, -0.05) is 13.8 Å². The van der Waals surface area contributed by atoms with E-state index in [1.165, 1.54) is 5.75 Å². The monoisotopic (exact) mass is 437 g/mol. The predicted molar refractivity (Wildman–Crippen MR) is 106 cm³/mol. The van der Waals surface area contributed by atoms with E-state index in [1.807, 2.05) is 18.7 Å². The number of halogens is 1. The van der Waals surface area contributed by atoms with E-state index >= 15 is 0 Å². The van der Waals surface area contributed by atoms with Crippen LogP contribution in [0.15, 0.2) is 23.7 Å². The smallest absolute Gasteiger partial charge is 0.194 e. The van der Waals surface area contributed by atoms with Crippen molar-refractivity contribution in [3.63, 3.8) is 0 Å². The Kier molecular flexibility index (Phi) is 9.23. The molecule has 1 unspecified atom stereocenters. The molecule has 0 aromatic carbocycles. The van der Waals surface area contributed by atoms with Crippen molar-refractivity contribution in [3.05, 3.63) is 18.7 Å². The van der Waals surface area contributed by atoms with Crippen LogP contribution < -0.4 is 5.32 Å². The average Bonchev–Trinajstić information content (AvgIpc) is 3.00. The number of nitrogens with zero attached hydrogens (tertiary/aromatic N) is 4. The van der Waals surface area contributed by atoms with Gasteiger partial charge in [-0.2, -0.15) is 11.8 Å². The van der Waals surface area contributed by atoms with E-state index in [9.17, 15) is 0 Å². The van der Waals surface area contributed by atoms with Gasteiger partial charge in [0.25, 0.3) is 0 Å². The molecule has 2 rings (SSSR count). The molecule has 2 heterocycles. The molecule has 1 aliphatic rings. The number of imidazole rings is 1. The van der Waals surface area contributed by atoms with Gasteiger partial charge in [0, 0.05) is 49.6 Å². The lowest BCUT2D eigenvalue weighted by Crippen LogP contribution is -2.49. The molecule has 1 N–H and O–H groups in total. The van der Waals surface area contributed by atoms with Crippen LogP contribution in [-0.2, 0) is 6.54 Å². The first-order chi connectivity index (χ1) is 10.2. The van der Waals surface area contributed by atoms with Gasteiger partial charge in [0.2, 0.25) is 0 Å². The van der Waals surface area contributed by atoms with Crippen molar-refractivity contribution in [1.29, 1.82) is 0 Å². The topological polar surface area (TPSA) is 45.5 Å². The lowest BCUT2D eigenvalue weighted by molar-refractivity contribution is 0.380. The largest absolute Gasteiger partial charge is 0.357 e. The fraction of sp³-hybridized carbons (Fsp3) is 0.733. The number of thioether (sulfide) groups is 1. The van der Waals surface area contributed by atoms with Crippen LogP contribution in [0.3, 0.4) is 0 Å². The van der Waals surface area contributed by atoms with Crippen molar-refractivity contribution in [3.8, 4) is 0 Å². The first-order valence-corrected chi connectivity index (χ1v) is 8.86. The van der Waals surface area contributed by atoms with Gasteiger partial charge in [-0.25, -0.2) is 4.98 Å². The number of guanidine groups is 1. The molecule has 1 aromatic heterocycles. The van der Waals surface area contributed by atoms with Gasteiger partial charge in [-0.3, -0.25) is 4.99 Å². The molecule has 1 saturated heterocycles. The number of nitrogens with one attached hydrogen (secondary N) is 1. The third-order valence-corrected chi connectivity index (χ3v) is 5.19. The maximum atomic E-state index is 4.78. The average molecular weight is 437 g/mol. The van der Waals surface area contributed by atoms with Crippen molar-refractivity contribution >= 4 is 41.7 Å². The summed E-state index contributed by atoms with van der Waals surface area (Å²) in [4.78, 5) is 11.3. The van der Waals surface area contributed by atoms with E-state index in [2.05, 4.69) is 52.3 Å². The molecule has 0 aliphatic carbocycles. The Morgan fingerprint density at radius 1 is 1.50 bits per heavy atom. The highest BCUT2D eigenvalue weighted by molar-refractivity contribution is 14.0. The summed E-state index contributed by atoms with van der Waals surface area (Å²) >= 11 is 2.10. The molecule has 1 atom stereocenters. The molecular formula is C15H28IN5S. The molecule has 1 fully saturated rings. The maximum absolute atomic E-state index is 4.78. The van der Waals surface area contributed by atoms with Gasteiger partial charge < -0.3 is 14.8 Å². The molecule has 0 saturated carbocycles. The second kappa shape index (κ2) is 10.4. The Labute approximate surface area is 155 Å². The second-order valence-electron chi connectivity index (χ2n) is 5.64. The van der Waals surface area contributed by atoms with Crippen LogP contribution in [0.1, 0.15) is 20.8 Å². The predicted octanol–water partition coefficient (Wildman–Crippen LogP) is 2.54. The maximum Gasteiger partial charge on any atom is 0.194 e. The zero-order valence-electron chi connectivity index (χ0n) is 13.7. The Morgan fingerprint density at radius 3 is 2.95 bits per heavy atom. The zero-order valence-corrected chi connectivity index (χ0v) is 16.9. The van der Waals surface area contributed by atoms with E-state index < -0.39 is 0 Å². The van der Waals surface area contributed by atoms with E-state index in [-0.39, 0.29) is 24.0 Å². The van der Waals surface area contributed by atoms with Gasteiger partial charge in [0.05, 0.1) is 12.9 Å². The highest BCUT2D eigenvalue weighted by Gasteiger charge is 2.24. The standard InChI is InChI=1S/C15H27N5S.HI/c1-4-17-15(18-6-8-19-7-5-16-12-19)20-9-10-21-14(11-20)13(2)3;/h5,7,12-14H,4,6,8-11H2,1-3H3,(H,17,18);1H. The summed E-state index contributed by atoms with van der Waals surface area (Å²) in [7, 11) is 0. The number of hydrogen-bond acceptors (Lipinski definition) is 3. The van der Waals surface area contributed by atoms with E-state index in [0.717, 1.165) is 38.7 Å². The minimum Gasteiger partial charge on any atom is -0.357 e. The quantitative estimate of drug-likeness (QED) is 0.437. The van der Waals surface area contributed by atoms with Gasteiger partial charge in [-0.15, -0.1) is 24.0 Å². The molecule has 1 aliphatic heterocycles. The number of aliphatic imine (C=N–C) groups is 1. The fourth-order valence-corrected chi connectivity index (χ4v) is 3.69. The molecule has 0 amide bonds. The van der Waals surface area contributed by atoms with Crippen molar-refractivity contribution in [2.45, 2.75) is 32.6 Å². The van der Waals surface area contributed by atoms with Gasteiger partial charge in [-0.05, 0) is 12.8 Å². The second-order valence-corrected chi connectivity index (χ2v) is 6.98. The van der Waals surface area contributed by atoms with Crippen molar-refractivity contribution in [1.82, 2.24) is 19.8 Å². The van der Waals surface area contributed by atoms with E-state index in [4.69, 9.17) is 4.99 Å². The van der Waals surface area contributed by atoms with Crippen molar-refractivity contribution < 1.29 is 0 Å². The fourth-order valence-electron chi connectivity index (χ4n) is 2.39. The third-order valence-electron chi connectivity index (χ3n) is 3.65. The van der Waals surface area contributed by atoms with Crippen LogP contribution in [0.4, 0.5) is 0 Å². The molecule has 22 heavy (non-hydrogen) atoms. The van der Waals surface area contributed by atoms with Crippen LogP contribution >= 0.6 is 35.7 Å². The summed E-state index contributed by atoms with van der Waals surface area (Å²) < 4.78 is 2.07. The molecule has 0 radical (unpaired) electrons. The minimum atomic E-state index is 0. The SMILES string of the molecule is CCNC(=NCCn1ccnc1)N1CCSC(C(C)C)C1.I. The summed E-state index contributed by atoms with van der Waals surface area (Å²) in [6.07, 6.45) is 5.63. The van der Waals surface area contributed by atoms with Gasteiger partial charge >= 0.3 is 0 Å². The molecule has 5 nitrogen and oxygen atoms in total.